The molecule has 18 heavy (non-hydrogen) atoms. The Morgan fingerprint density at radius 1 is 1.39 bits per heavy atom. The maximum Gasteiger partial charge on any atom is 0.151 e. The fourth-order valence-electron chi connectivity index (χ4n) is 2.12. The molecule has 1 saturated heterocycles. The Morgan fingerprint density at radius 2 is 2.22 bits per heavy atom. The highest BCUT2D eigenvalue weighted by Gasteiger charge is 2.19. The predicted molar refractivity (Wildman–Crippen MR) is 72.3 cm³/mol. The fraction of sp³-hybridized carbons (Fsp3) is 0.583. The van der Waals surface area contributed by atoms with E-state index in [2.05, 4.69) is 15.2 Å². The van der Waals surface area contributed by atoms with Crippen molar-refractivity contribution in [3.05, 3.63) is 23.9 Å². The first-order valence-electron chi connectivity index (χ1n) is 6.14. The zero-order valence-corrected chi connectivity index (χ0v) is 11.4. The molecule has 0 atom stereocenters. The van der Waals surface area contributed by atoms with E-state index in [-0.39, 0.29) is 5.75 Å². The molecule has 100 valence electrons. The van der Waals surface area contributed by atoms with Gasteiger partial charge in [0, 0.05) is 26.3 Å². The quantitative estimate of drug-likeness (QED) is 0.877. The van der Waals surface area contributed by atoms with Crippen LogP contribution >= 0.6 is 0 Å². The molecule has 6 heteroatoms. The van der Waals surface area contributed by atoms with Crippen molar-refractivity contribution in [2.75, 3.05) is 37.0 Å². The average molecular weight is 269 g/mol. The van der Waals surface area contributed by atoms with Crippen LogP contribution in [0.1, 0.15) is 12.0 Å². The SMILES string of the molecule is CNc1cc(CN2CCCS(=O)(=O)CC2)ccn1. The molecule has 1 aliphatic heterocycles. The molecule has 1 fully saturated rings. The number of pyridine rings is 1. The highest BCUT2D eigenvalue weighted by atomic mass is 32.2. The molecule has 1 aliphatic rings. The van der Waals surface area contributed by atoms with E-state index in [0.29, 0.717) is 12.3 Å². The van der Waals surface area contributed by atoms with Crippen LogP contribution in [0.25, 0.3) is 0 Å². The second-order valence-corrected chi connectivity index (χ2v) is 6.88. The van der Waals surface area contributed by atoms with E-state index in [0.717, 1.165) is 30.9 Å². The largest absolute Gasteiger partial charge is 0.373 e. The third kappa shape index (κ3) is 3.68. The van der Waals surface area contributed by atoms with Crippen LogP contribution in [0, 0.1) is 0 Å². The zero-order valence-electron chi connectivity index (χ0n) is 10.6. The van der Waals surface area contributed by atoms with Gasteiger partial charge in [0.1, 0.15) is 5.82 Å². The summed E-state index contributed by atoms with van der Waals surface area (Å²) >= 11 is 0. The van der Waals surface area contributed by atoms with Crippen molar-refractivity contribution in [2.45, 2.75) is 13.0 Å². The molecular weight excluding hydrogens is 250 g/mol. The Labute approximate surface area is 108 Å². The predicted octanol–water partition coefficient (Wildman–Crippen LogP) is 0.744. The summed E-state index contributed by atoms with van der Waals surface area (Å²) < 4.78 is 23.0. The van der Waals surface area contributed by atoms with Crippen LogP contribution in [0.4, 0.5) is 5.82 Å². The number of anilines is 1. The maximum absolute atomic E-state index is 11.5. The van der Waals surface area contributed by atoms with Crippen molar-refractivity contribution < 1.29 is 8.42 Å². The van der Waals surface area contributed by atoms with Gasteiger partial charge in [0.15, 0.2) is 9.84 Å². The lowest BCUT2D eigenvalue weighted by Crippen LogP contribution is -2.26. The molecule has 0 saturated carbocycles. The smallest absolute Gasteiger partial charge is 0.151 e. The molecule has 0 bridgehead atoms. The van der Waals surface area contributed by atoms with Crippen molar-refractivity contribution in [1.82, 2.24) is 9.88 Å². The van der Waals surface area contributed by atoms with E-state index in [1.807, 2.05) is 19.2 Å². The van der Waals surface area contributed by atoms with Gasteiger partial charge in [-0.3, -0.25) is 4.90 Å². The van der Waals surface area contributed by atoms with Crippen LogP contribution in [0.3, 0.4) is 0 Å². The van der Waals surface area contributed by atoms with Crippen molar-refractivity contribution in [3.63, 3.8) is 0 Å². The molecule has 1 aromatic heterocycles. The topological polar surface area (TPSA) is 62.3 Å². The van der Waals surface area contributed by atoms with Gasteiger partial charge in [-0.1, -0.05) is 0 Å². The minimum atomic E-state index is -2.82. The number of nitrogens with one attached hydrogen (secondary N) is 1. The van der Waals surface area contributed by atoms with Gasteiger partial charge in [0.05, 0.1) is 11.5 Å². The Morgan fingerprint density at radius 3 is 3.00 bits per heavy atom. The van der Waals surface area contributed by atoms with Gasteiger partial charge >= 0.3 is 0 Å². The normalized spacial score (nSPS) is 20.3. The monoisotopic (exact) mass is 269 g/mol. The second kappa shape index (κ2) is 5.67. The highest BCUT2D eigenvalue weighted by Crippen LogP contribution is 2.12. The van der Waals surface area contributed by atoms with E-state index in [1.165, 1.54) is 0 Å². The van der Waals surface area contributed by atoms with Gasteiger partial charge in [0.2, 0.25) is 0 Å². The average Bonchev–Trinajstić information content (AvgIpc) is 2.51. The summed E-state index contributed by atoms with van der Waals surface area (Å²) in [5.41, 5.74) is 1.16. The summed E-state index contributed by atoms with van der Waals surface area (Å²) in [4.78, 5) is 6.36. The van der Waals surface area contributed by atoms with Crippen molar-refractivity contribution in [2.24, 2.45) is 0 Å². The third-order valence-corrected chi connectivity index (χ3v) is 4.85. The Bertz CT molecular complexity index is 502. The zero-order chi connectivity index (χ0) is 13.0. The molecule has 1 N–H and O–H groups in total. The van der Waals surface area contributed by atoms with Gasteiger partial charge in [-0.2, -0.15) is 0 Å². The Balaban J connectivity index is 2.00. The lowest BCUT2D eigenvalue weighted by molar-refractivity contribution is 0.287. The molecule has 0 radical (unpaired) electrons. The van der Waals surface area contributed by atoms with Gasteiger partial charge in [-0.05, 0) is 30.7 Å². The summed E-state index contributed by atoms with van der Waals surface area (Å²) in [6, 6.07) is 3.97. The third-order valence-electron chi connectivity index (χ3n) is 3.13. The lowest BCUT2D eigenvalue weighted by Gasteiger charge is -2.19. The molecular formula is C12H19N3O2S. The summed E-state index contributed by atoms with van der Waals surface area (Å²) in [5, 5.41) is 3.00. The molecule has 0 unspecified atom stereocenters. The lowest BCUT2D eigenvalue weighted by atomic mass is 10.2. The molecule has 0 amide bonds. The summed E-state index contributed by atoms with van der Waals surface area (Å²) in [6.45, 7) is 2.25. The van der Waals surface area contributed by atoms with Crippen LogP contribution in [0.15, 0.2) is 18.3 Å². The summed E-state index contributed by atoms with van der Waals surface area (Å²) in [7, 11) is -0.986. The fourth-order valence-corrected chi connectivity index (χ4v) is 3.43. The number of nitrogens with zero attached hydrogens (tertiary/aromatic N) is 2. The van der Waals surface area contributed by atoms with Crippen LogP contribution < -0.4 is 5.32 Å². The van der Waals surface area contributed by atoms with Gasteiger partial charge in [-0.15, -0.1) is 0 Å². The maximum atomic E-state index is 11.5. The number of hydrogen-bond acceptors (Lipinski definition) is 5. The Kier molecular flexibility index (Phi) is 4.19. The summed E-state index contributed by atoms with van der Waals surface area (Å²) in [5.74, 6) is 1.44. The Hall–Kier alpha value is -1.14. The number of hydrogen-bond donors (Lipinski definition) is 1. The molecule has 2 heterocycles. The first-order valence-corrected chi connectivity index (χ1v) is 7.97. The molecule has 5 nitrogen and oxygen atoms in total. The van der Waals surface area contributed by atoms with Crippen molar-refractivity contribution in [3.8, 4) is 0 Å². The number of sulfone groups is 1. The van der Waals surface area contributed by atoms with Crippen molar-refractivity contribution >= 4 is 15.7 Å². The van der Waals surface area contributed by atoms with E-state index in [4.69, 9.17) is 0 Å². The second-order valence-electron chi connectivity index (χ2n) is 4.58. The van der Waals surface area contributed by atoms with Gasteiger partial charge in [-0.25, -0.2) is 13.4 Å². The van der Waals surface area contributed by atoms with Crippen LogP contribution in [-0.4, -0.2) is 49.9 Å². The summed E-state index contributed by atoms with van der Waals surface area (Å²) in [6.07, 6.45) is 2.50. The van der Waals surface area contributed by atoms with Crippen LogP contribution in [0.5, 0.6) is 0 Å². The van der Waals surface area contributed by atoms with Gasteiger partial charge in [0.25, 0.3) is 0 Å². The first kappa shape index (κ1) is 13.3. The van der Waals surface area contributed by atoms with E-state index in [1.54, 1.807) is 6.20 Å². The van der Waals surface area contributed by atoms with E-state index in [9.17, 15) is 8.42 Å². The van der Waals surface area contributed by atoms with Crippen LogP contribution in [-0.2, 0) is 16.4 Å². The molecule has 1 aromatic rings. The van der Waals surface area contributed by atoms with Crippen LogP contribution in [0.2, 0.25) is 0 Å². The number of aromatic nitrogens is 1. The molecule has 0 spiro atoms. The minimum absolute atomic E-state index is 0.275. The van der Waals surface area contributed by atoms with Gasteiger partial charge < -0.3 is 5.32 Å². The first-order chi connectivity index (χ1) is 8.59. The van der Waals surface area contributed by atoms with E-state index >= 15 is 0 Å². The van der Waals surface area contributed by atoms with E-state index < -0.39 is 9.84 Å². The molecule has 2 rings (SSSR count). The standard InChI is InChI=1S/C12H19N3O2S/c1-13-12-9-11(3-4-14-12)10-15-5-2-7-18(16,17)8-6-15/h3-4,9H,2,5-8,10H2,1H3,(H,13,14). The highest BCUT2D eigenvalue weighted by molar-refractivity contribution is 7.91. The minimum Gasteiger partial charge on any atom is -0.373 e. The number of rotatable bonds is 3. The van der Waals surface area contributed by atoms with Crippen molar-refractivity contribution in [1.29, 1.82) is 0 Å². The molecule has 0 aromatic carbocycles. The molecule has 0 aliphatic carbocycles.